The topological polar surface area (TPSA) is 50.4 Å². The Bertz CT molecular complexity index is 1130. The third-order valence-corrected chi connectivity index (χ3v) is 7.37. The van der Waals surface area contributed by atoms with E-state index in [4.69, 9.17) is 4.74 Å². The van der Waals surface area contributed by atoms with Gasteiger partial charge in [-0.3, -0.25) is 5.32 Å². The van der Waals surface area contributed by atoms with E-state index >= 15 is 0 Å². The molecule has 0 saturated carbocycles. The minimum atomic E-state index is -0.406. The molecule has 1 aliphatic rings. The number of hydrogen-bond donors (Lipinski definition) is 2. The molecule has 0 aromatic heterocycles. The average molecular weight is 499 g/mol. The summed E-state index contributed by atoms with van der Waals surface area (Å²) in [6.45, 7) is 16.1. The lowest BCUT2D eigenvalue weighted by Gasteiger charge is -2.27. The van der Waals surface area contributed by atoms with Gasteiger partial charge in [-0.15, -0.1) is 0 Å². The molecule has 0 bridgehead atoms. The van der Waals surface area contributed by atoms with Crippen LogP contribution in [0.4, 0.5) is 10.5 Å². The quantitative estimate of drug-likeness (QED) is 0.379. The number of aryl methyl sites for hydroxylation is 1. The van der Waals surface area contributed by atoms with Crippen molar-refractivity contribution in [1.29, 1.82) is 0 Å². The summed E-state index contributed by atoms with van der Waals surface area (Å²) in [5, 5.41) is 6.52. The second kappa shape index (κ2) is 10.7. The van der Waals surface area contributed by atoms with Gasteiger partial charge in [-0.05, 0) is 52.1 Å². The van der Waals surface area contributed by atoms with Crippen molar-refractivity contribution in [3.63, 3.8) is 0 Å². The summed E-state index contributed by atoms with van der Waals surface area (Å²) < 4.78 is 5.81. The molecule has 196 valence electrons. The van der Waals surface area contributed by atoms with Crippen LogP contribution in [0.3, 0.4) is 0 Å². The van der Waals surface area contributed by atoms with E-state index in [-0.39, 0.29) is 28.9 Å². The number of anilines is 1. The molecule has 4 rings (SSSR count). The summed E-state index contributed by atoms with van der Waals surface area (Å²) in [4.78, 5) is 12.6. The van der Waals surface area contributed by atoms with Crippen molar-refractivity contribution < 1.29 is 9.53 Å². The third-order valence-electron chi connectivity index (χ3n) is 7.37. The Morgan fingerprint density at radius 2 is 1.30 bits per heavy atom. The summed E-state index contributed by atoms with van der Waals surface area (Å²) in [6.07, 6.45) is 0.172. The molecule has 1 aliphatic heterocycles. The van der Waals surface area contributed by atoms with E-state index in [0.29, 0.717) is 6.54 Å². The molecular weight excluding hydrogens is 456 g/mol. The van der Waals surface area contributed by atoms with Crippen LogP contribution in [0.1, 0.15) is 81.7 Å². The molecule has 4 nitrogen and oxygen atoms in total. The van der Waals surface area contributed by atoms with Gasteiger partial charge in [-0.1, -0.05) is 108 Å². The minimum Gasteiger partial charge on any atom is -0.445 e. The van der Waals surface area contributed by atoms with Crippen molar-refractivity contribution >= 4 is 11.8 Å². The van der Waals surface area contributed by atoms with Crippen molar-refractivity contribution in [3.8, 4) is 0 Å². The van der Waals surface area contributed by atoms with Crippen LogP contribution in [0, 0.1) is 6.92 Å². The summed E-state index contributed by atoms with van der Waals surface area (Å²) in [5.74, 6) is 0.164. The Balaban J connectivity index is 1.53. The van der Waals surface area contributed by atoms with Gasteiger partial charge >= 0.3 is 6.09 Å². The van der Waals surface area contributed by atoms with Gasteiger partial charge < -0.3 is 10.1 Å². The Morgan fingerprint density at radius 1 is 0.811 bits per heavy atom. The first kappa shape index (κ1) is 26.9. The lowest BCUT2D eigenvalue weighted by molar-refractivity contribution is 0.119. The van der Waals surface area contributed by atoms with Crippen LogP contribution in [0.15, 0.2) is 72.8 Å². The van der Waals surface area contributed by atoms with Crippen LogP contribution >= 0.6 is 0 Å². The highest BCUT2D eigenvalue weighted by molar-refractivity contribution is 5.84. The second-order valence-electron chi connectivity index (χ2n) is 12.5. The van der Waals surface area contributed by atoms with E-state index in [2.05, 4.69) is 101 Å². The highest BCUT2D eigenvalue weighted by Crippen LogP contribution is 2.35. The molecule has 37 heavy (non-hydrogen) atoms. The van der Waals surface area contributed by atoms with E-state index < -0.39 is 6.09 Å². The van der Waals surface area contributed by atoms with Crippen LogP contribution < -0.4 is 10.6 Å². The highest BCUT2D eigenvalue weighted by atomic mass is 16.6. The predicted octanol–water partition coefficient (Wildman–Crippen LogP) is 7.70. The van der Waals surface area contributed by atoms with Gasteiger partial charge in [-0.25, -0.2) is 4.79 Å². The first-order chi connectivity index (χ1) is 17.4. The summed E-state index contributed by atoms with van der Waals surface area (Å²) in [5.41, 5.74) is 7.32. The monoisotopic (exact) mass is 498 g/mol. The molecule has 3 aromatic carbocycles. The van der Waals surface area contributed by atoms with Gasteiger partial charge in [0.05, 0.1) is 0 Å². The predicted molar refractivity (Wildman–Crippen MR) is 154 cm³/mol. The van der Waals surface area contributed by atoms with Crippen LogP contribution in [-0.2, 0) is 15.6 Å². The summed E-state index contributed by atoms with van der Waals surface area (Å²) >= 11 is 0. The van der Waals surface area contributed by atoms with Crippen LogP contribution in [0.2, 0.25) is 0 Å². The van der Waals surface area contributed by atoms with Gasteiger partial charge in [0.1, 0.15) is 6.10 Å². The maximum atomic E-state index is 12.6. The molecule has 1 amide bonds. The molecule has 2 atom stereocenters. The first-order valence-electron chi connectivity index (χ1n) is 13.4. The second-order valence-corrected chi connectivity index (χ2v) is 12.5. The lowest BCUT2D eigenvalue weighted by atomic mass is 9.80. The number of amides is 1. The van der Waals surface area contributed by atoms with E-state index in [1.54, 1.807) is 0 Å². The summed E-state index contributed by atoms with van der Waals surface area (Å²) in [7, 11) is 0. The number of rotatable bonds is 5. The number of nitrogens with one attached hydrogen (secondary N) is 2. The number of benzene rings is 3. The van der Waals surface area contributed by atoms with E-state index in [1.165, 1.54) is 22.3 Å². The standard InChI is InChI=1S/C33H42N2O2/c1-22-8-18-27(19-9-22)35-31(36)37-28-20-29(34-21-28)30(23-10-14-25(15-11-23)32(2,3)4)24-12-16-26(17-13-24)33(5,6)7/h8-19,28-30,34H,20-21H2,1-7H3,(H,35,36)/t28-,29-/m1/s1. The minimum absolute atomic E-state index is 0.109. The Kier molecular flexibility index (Phi) is 7.80. The number of ether oxygens (including phenoxy) is 1. The fourth-order valence-electron chi connectivity index (χ4n) is 5.05. The van der Waals surface area contributed by atoms with Crippen molar-refractivity contribution in [2.45, 2.75) is 83.8 Å². The molecule has 0 radical (unpaired) electrons. The van der Waals surface area contributed by atoms with E-state index in [9.17, 15) is 4.79 Å². The highest BCUT2D eigenvalue weighted by Gasteiger charge is 2.34. The van der Waals surface area contributed by atoms with Gasteiger partial charge in [0.2, 0.25) is 0 Å². The van der Waals surface area contributed by atoms with Gasteiger partial charge in [-0.2, -0.15) is 0 Å². The maximum Gasteiger partial charge on any atom is 0.411 e. The summed E-state index contributed by atoms with van der Waals surface area (Å²) in [6, 6.07) is 26.0. The average Bonchev–Trinajstić information content (AvgIpc) is 3.28. The number of hydrogen-bond acceptors (Lipinski definition) is 3. The smallest absolute Gasteiger partial charge is 0.411 e. The molecule has 2 N–H and O–H groups in total. The Hall–Kier alpha value is -3.11. The zero-order chi connectivity index (χ0) is 26.8. The van der Waals surface area contributed by atoms with Gasteiger partial charge in [0, 0.05) is 30.6 Å². The molecule has 1 fully saturated rings. The lowest BCUT2D eigenvalue weighted by Crippen LogP contribution is -2.30. The first-order valence-corrected chi connectivity index (χ1v) is 13.4. The van der Waals surface area contributed by atoms with Gasteiger partial charge in [0.25, 0.3) is 0 Å². The van der Waals surface area contributed by atoms with E-state index in [0.717, 1.165) is 17.7 Å². The molecule has 0 spiro atoms. The fourth-order valence-corrected chi connectivity index (χ4v) is 5.05. The molecule has 4 heteroatoms. The molecule has 3 aromatic rings. The van der Waals surface area contributed by atoms with Crippen molar-refractivity contribution in [2.24, 2.45) is 0 Å². The SMILES string of the molecule is Cc1ccc(NC(=O)O[C@H]2CN[C@@H](C(c3ccc(C(C)(C)C)cc3)c3ccc(C(C)(C)C)cc3)C2)cc1. The third kappa shape index (κ3) is 6.81. The zero-order valence-electron chi connectivity index (χ0n) is 23.4. The largest absolute Gasteiger partial charge is 0.445 e. The Morgan fingerprint density at radius 3 is 1.76 bits per heavy atom. The van der Waals surface area contributed by atoms with Crippen LogP contribution in [-0.4, -0.2) is 24.8 Å². The number of carbonyl (C=O) groups is 1. The molecular formula is C33H42N2O2. The maximum absolute atomic E-state index is 12.6. The molecule has 1 saturated heterocycles. The molecule has 0 aliphatic carbocycles. The van der Waals surface area contributed by atoms with Crippen molar-refractivity contribution in [3.05, 3.63) is 101 Å². The van der Waals surface area contributed by atoms with Gasteiger partial charge in [0.15, 0.2) is 0 Å². The Labute approximate surface area is 222 Å². The fraction of sp³-hybridized carbons (Fsp3) is 0.424. The number of carbonyl (C=O) groups excluding carboxylic acids is 1. The van der Waals surface area contributed by atoms with E-state index in [1.807, 2.05) is 31.2 Å². The van der Waals surface area contributed by atoms with Crippen LogP contribution in [0.25, 0.3) is 0 Å². The van der Waals surface area contributed by atoms with Crippen molar-refractivity contribution in [1.82, 2.24) is 5.32 Å². The van der Waals surface area contributed by atoms with Crippen LogP contribution in [0.5, 0.6) is 0 Å². The molecule has 1 heterocycles. The van der Waals surface area contributed by atoms with Crippen molar-refractivity contribution in [2.75, 3.05) is 11.9 Å². The molecule has 0 unspecified atom stereocenters. The normalized spacial score (nSPS) is 18.2. The zero-order valence-corrected chi connectivity index (χ0v) is 23.4.